The van der Waals surface area contributed by atoms with Crippen LogP contribution in [0.3, 0.4) is 0 Å². The average Bonchev–Trinajstić information content (AvgIpc) is 2.41. The maximum atomic E-state index is 10.5. The van der Waals surface area contributed by atoms with E-state index in [1.165, 1.54) is 11.1 Å². The Labute approximate surface area is 122 Å². The predicted octanol–water partition coefficient (Wildman–Crippen LogP) is 5.03. The van der Waals surface area contributed by atoms with Crippen molar-refractivity contribution >= 4 is 0 Å². The first-order valence-electron chi connectivity index (χ1n) is 7.29. The number of phenolic OH excluding ortho intramolecular Hbond substituents is 1. The fourth-order valence-electron chi connectivity index (χ4n) is 2.41. The molecule has 2 rings (SSSR count). The molecule has 1 N–H and O–H groups in total. The van der Waals surface area contributed by atoms with Crippen LogP contribution in [0.2, 0.25) is 0 Å². The zero-order chi connectivity index (χ0) is 14.7. The number of hydrogen-bond acceptors (Lipinski definition) is 1. The van der Waals surface area contributed by atoms with E-state index in [0.29, 0.717) is 17.6 Å². The lowest BCUT2D eigenvalue weighted by Crippen LogP contribution is -1.99. The smallest absolute Gasteiger partial charge is 0.122 e. The Hall–Kier alpha value is -1.76. The lowest BCUT2D eigenvalue weighted by molar-refractivity contribution is 0.458. The second kappa shape index (κ2) is 6.13. The molecule has 0 heterocycles. The Balaban J connectivity index is 2.45. The van der Waals surface area contributed by atoms with Crippen LogP contribution in [-0.2, 0) is 6.42 Å². The third kappa shape index (κ3) is 3.22. The van der Waals surface area contributed by atoms with Crippen molar-refractivity contribution in [3.8, 4) is 5.75 Å². The van der Waals surface area contributed by atoms with Gasteiger partial charge in [-0.15, -0.1) is 0 Å². The van der Waals surface area contributed by atoms with Crippen LogP contribution in [0.1, 0.15) is 61.8 Å². The van der Waals surface area contributed by atoms with Crippen LogP contribution in [0, 0.1) is 6.07 Å². The van der Waals surface area contributed by atoms with Crippen LogP contribution in [0.15, 0.2) is 36.4 Å². The standard InChI is InChI=1S/C19H23O/c1-13(2)16-11-17(10-15-8-6-5-7-9-15)19(20)18(12-16)14(3)4/h5-6,8-9,11-14,20H,10H2,1-4H3. The molecule has 0 saturated heterocycles. The second-order valence-corrected chi connectivity index (χ2v) is 6.02. The van der Waals surface area contributed by atoms with Gasteiger partial charge < -0.3 is 5.11 Å². The molecule has 0 aliphatic heterocycles. The predicted molar refractivity (Wildman–Crippen MR) is 84.4 cm³/mol. The Morgan fingerprint density at radius 2 is 1.85 bits per heavy atom. The van der Waals surface area contributed by atoms with Crippen molar-refractivity contribution in [2.45, 2.75) is 46.0 Å². The van der Waals surface area contributed by atoms with Crippen molar-refractivity contribution < 1.29 is 5.11 Å². The highest BCUT2D eigenvalue weighted by Gasteiger charge is 2.14. The summed E-state index contributed by atoms with van der Waals surface area (Å²) in [6, 6.07) is 15.3. The normalized spacial score (nSPS) is 11.3. The fraction of sp³-hybridized carbons (Fsp3) is 0.368. The van der Waals surface area contributed by atoms with E-state index in [0.717, 1.165) is 17.5 Å². The first kappa shape index (κ1) is 14.6. The van der Waals surface area contributed by atoms with Gasteiger partial charge in [-0.25, -0.2) is 0 Å². The van der Waals surface area contributed by atoms with Crippen molar-refractivity contribution in [1.82, 2.24) is 0 Å². The van der Waals surface area contributed by atoms with Gasteiger partial charge in [0.15, 0.2) is 0 Å². The summed E-state index contributed by atoms with van der Waals surface area (Å²) in [5.74, 6) is 1.25. The molecule has 0 aromatic heterocycles. The van der Waals surface area contributed by atoms with Gasteiger partial charge in [0.05, 0.1) is 0 Å². The van der Waals surface area contributed by atoms with Crippen LogP contribution in [0.25, 0.3) is 0 Å². The highest BCUT2D eigenvalue weighted by atomic mass is 16.3. The minimum atomic E-state index is 0.329. The number of rotatable bonds is 4. The molecule has 1 radical (unpaired) electrons. The maximum Gasteiger partial charge on any atom is 0.122 e. The third-order valence-electron chi connectivity index (χ3n) is 3.70. The first-order valence-corrected chi connectivity index (χ1v) is 7.29. The molecule has 1 nitrogen and oxygen atoms in total. The lowest BCUT2D eigenvalue weighted by atomic mass is 9.90. The molecule has 2 aromatic rings. The summed E-state index contributed by atoms with van der Waals surface area (Å²) < 4.78 is 0. The Morgan fingerprint density at radius 3 is 2.40 bits per heavy atom. The summed E-state index contributed by atoms with van der Waals surface area (Å²) in [7, 11) is 0. The molecule has 0 unspecified atom stereocenters. The fourth-order valence-corrected chi connectivity index (χ4v) is 2.41. The molecule has 0 amide bonds. The molecular formula is C19H23O. The molecule has 0 spiro atoms. The van der Waals surface area contributed by atoms with E-state index in [-0.39, 0.29) is 0 Å². The van der Waals surface area contributed by atoms with E-state index in [2.05, 4.69) is 52.0 Å². The molecule has 2 aromatic carbocycles. The highest BCUT2D eigenvalue weighted by molar-refractivity contribution is 5.48. The van der Waals surface area contributed by atoms with Gasteiger partial charge in [-0.2, -0.15) is 0 Å². The number of aromatic hydroxyl groups is 1. The monoisotopic (exact) mass is 267 g/mol. The molecular weight excluding hydrogens is 244 g/mol. The summed E-state index contributed by atoms with van der Waals surface area (Å²) >= 11 is 0. The molecule has 1 heteroatoms. The van der Waals surface area contributed by atoms with Crippen LogP contribution < -0.4 is 0 Å². The molecule has 0 aliphatic carbocycles. The van der Waals surface area contributed by atoms with E-state index >= 15 is 0 Å². The molecule has 0 aliphatic rings. The van der Waals surface area contributed by atoms with E-state index in [4.69, 9.17) is 0 Å². The van der Waals surface area contributed by atoms with Gasteiger partial charge in [-0.3, -0.25) is 0 Å². The van der Waals surface area contributed by atoms with Gasteiger partial charge in [-0.1, -0.05) is 64.1 Å². The zero-order valence-electron chi connectivity index (χ0n) is 12.8. The van der Waals surface area contributed by atoms with Gasteiger partial charge in [0.1, 0.15) is 5.75 Å². The largest absolute Gasteiger partial charge is 0.507 e. The van der Waals surface area contributed by atoms with Crippen molar-refractivity contribution in [2.24, 2.45) is 0 Å². The van der Waals surface area contributed by atoms with Gasteiger partial charge >= 0.3 is 0 Å². The average molecular weight is 267 g/mol. The van der Waals surface area contributed by atoms with Gasteiger partial charge in [0.2, 0.25) is 0 Å². The molecule has 0 fully saturated rings. The summed E-state index contributed by atoms with van der Waals surface area (Å²) in [6.07, 6.45) is 0.753. The van der Waals surface area contributed by atoms with Gasteiger partial charge in [0, 0.05) is 6.42 Å². The molecule has 0 saturated carbocycles. The second-order valence-electron chi connectivity index (χ2n) is 6.02. The Kier molecular flexibility index (Phi) is 4.49. The highest BCUT2D eigenvalue weighted by Crippen LogP contribution is 2.34. The minimum absolute atomic E-state index is 0.329. The van der Waals surface area contributed by atoms with Crippen LogP contribution in [0.5, 0.6) is 5.75 Å². The number of phenols is 1. The molecule has 0 bridgehead atoms. The van der Waals surface area contributed by atoms with Crippen molar-refractivity contribution in [3.05, 3.63) is 64.7 Å². The van der Waals surface area contributed by atoms with Gasteiger partial charge in [-0.05, 0) is 40.2 Å². The van der Waals surface area contributed by atoms with Crippen molar-refractivity contribution in [3.63, 3.8) is 0 Å². The molecule has 20 heavy (non-hydrogen) atoms. The minimum Gasteiger partial charge on any atom is -0.507 e. The summed E-state index contributed by atoms with van der Waals surface area (Å²) in [5.41, 5.74) is 4.53. The van der Waals surface area contributed by atoms with Crippen molar-refractivity contribution in [1.29, 1.82) is 0 Å². The SMILES string of the molecule is CC(C)c1cc(Cc2c[c]ccc2)c(O)c(C(C)C)c1. The first-order chi connectivity index (χ1) is 9.49. The van der Waals surface area contributed by atoms with E-state index < -0.39 is 0 Å². The molecule has 105 valence electrons. The van der Waals surface area contributed by atoms with E-state index in [9.17, 15) is 5.11 Å². The quantitative estimate of drug-likeness (QED) is 0.823. The van der Waals surface area contributed by atoms with Crippen LogP contribution in [-0.4, -0.2) is 5.11 Å². The molecule has 0 atom stereocenters. The Morgan fingerprint density at radius 1 is 1.10 bits per heavy atom. The number of hydrogen-bond donors (Lipinski definition) is 1. The van der Waals surface area contributed by atoms with Crippen molar-refractivity contribution in [2.75, 3.05) is 0 Å². The van der Waals surface area contributed by atoms with E-state index in [1.54, 1.807) is 0 Å². The number of benzene rings is 2. The van der Waals surface area contributed by atoms with Crippen LogP contribution >= 0.6 is 0 Å². The summed E-state index contributed by atoms with van der Waals surface area (Å²) in [6.45, 7) is 8.63. The Bertz CT molecular complexity index is 568. The lowest BCUT2D eigenvalue weighted by Gasteiger charge is -2.17. The summed E-state index contributed by atoms with van der Waals surface area (Å²) in [5, 5.41) is 10.5. The van der Waals surface area contributed by atoms with Crippen LogP contribution in [0.4, 0.5) is 0 Å². The third-order valence-corrected chi connectivity index (χ3v) is 3.70. The zero-order valence-corrected chi connectivity index (χ0v) is 12.8. The maximum absolute atomic E-state index is 10.5. The topological polar surface area (TPSA) is 20.2 Å². The summed E-state index contributed by atoms with van der Waals surface area (Å²) in [4.78, 5) is 0. The van der Waals surface area contributed by atoms with E-state index in [1.807, 2.05) is 18.2 Å². The van der Waals surface area contributed by atoms with Gasteiger partial charge in [0.25, 0.3) is 0 Å².